The molecule has 4 heteroatoms. The van der Waals surface area contributed by atoms with Gasteiger partial charge in [0, 0.05) is 19.1 Å². The molecule has 0 aliphatic carbocycles. The molecule has 1 aromatic carbocycles. The molecule has 1 N–H and O–H groups in total. The Bertz CT molecular complexity index is 445. The van der Waals surface area contributed by atoms with Crippen LogP contribution in [0, 0.1) is 0 Å². The summed E-state index contributed by atoms with van der Waals surface area (Å²) in [4.78, 5) is 14.3. The van der Waals surface area contributed by atoms with Gasteiger partial charge in [0.15, 0.2) is 0 Å². The standard InChI is InChI=1S/C17H26N2O2/c1-3-15-6-4-5-13-19(15)17(20)18-12-11-14-7-9-16(21-2)10-8-14/h7-10,15H,3-6,11-13H2,1-2H3,(H,18,20). The van der Waals surface area contributed by atoms with Gasteiger partial charge in [-0.05, 0) is 49.8 Å². The van der Waals surface area contributed by atoms with E-state index in [0.717, 1.165) is 38.0 Å². The van der Waals surface area contributed by atoms with E-state index in [1.807, 2.05) is 29.2 Å². The van der Waals surface area contributed by atoms with E-state index < -0.39 is 0 Å². The van der Waals surface area contributed by atoms with Crippen LogP contribution in [0.15, 0.2) is 24.3 Å². The summed E-state index contributed by atoms with van der Waals surface area (Å²) >= 11 is 0. The number of carbonyl (C=O) groups excluding carboxylic acids is 1. The van der Waals surface area contributed by atoms with Crippen LogP contribution in [-0.2, 0) is 6.42 Å². The largest absolute Gasteiger partial charge is 0.497 e. The zero-order chi connectivity index (χ0) is 15.1. The van der Waals surface area contributed by atoms with Crippen LogP contribution in [0.1, 0.15) is 38.2 Å². The van der Waals surface area contributed by atoms with Crippen molar-refractivity contribution in [3.63, 3.8) is 0 Å². The van der Waals surface area contributed by atoms with E-state index in [1.54, 1.807) is 7.11 Å². The second-order valence-corrected chi connectivity index (χ2v) is 5.58. The van der Waals surface area contributed by atoms with Crippen molar-refractivity contribution in [3.8, 4) is 5.75 Å². The molecule has 4 nitrogen and oxygen atoms in total. The Morgan fingerprint density at radius 2 is 2.10 bits per heavy atom. The van der Waals surface area contributed by atoms with Crippen LogP contribution in [0.3, 0.4) is 0 Å². The Balaban J connectivity index is 1.77. The lowest BCUT2D eigenvalue weighted by atomic mass is 10.0. The van der Waals surface area contributed by atoms with Crippen molar-refractivity contribution in [2.45, 2.75) is 45.1 Å². The van der Waals surface area contributed by atoms with Gasteiger partial charge in [-0.2, -0.15) is 0 Å². The van der Waals surface area contributed by atoms with E-state index >= 15 is 0 Å². The molecule has 1 fully saturated rings. The van der Waals surface area contributed by atoms with E-state index in [4.69, 9.17) is 4.74 Å². The molecule has 1 unspecified atom stereocenters. The van der Waals surface area contributed by atoms with Crippen LogP contribution in [-0.4, -0.2) is 37.2 Å². The topological polar surface area (TPSA) is 41.6 Å². The molecular weight excluding hydrogens is 264 g/mol. The highest BCUT2D eigenvalue weighted by Crippen LogP contribution is 2.19. The Morgan fingerprint density at radius 1 is 1.33 bits per heavy atom. The quantitative estimate of drug-likeness (QED) is 0.904. The molecule has 1 atom stereocenters. The number of hydrogen-bond donors (Lipinski definition) is 1. The van der Waals surface area contributed by atoms with Crippen LogP contribution in [0.5, 0.6) is 5.75 Å². The van der Waals surface area contributed by atoms with E-state index in [1.165, 1.54) is 12.0 Å². The fraction of sp³-hybridized carbons (Fsp3) is 0.588. The first-order valence-corrected chi connectivity index (χ1v) is 7.92. The Morgan fingerprint density at radius 3 is 2.76 bits per heavy atom. The normalized spacial score (nSPS) is 18.4. The molecule has 0 radical (unpaired) electrons. The van der Waals surface area contributed by atoms with Gasteiger partial charge in [0.25, 0.3) is 0 Å². The average Bonchev–Trinajstić information content (AvgIpc) is 2.55. The zero-order valence-electron chi connectivity index (χ0n) is 13.1. The molecule has 0 aromatic heterocycles. The number of nitrogens with zero attached hydrogens (tertiary/aromatic N) is 1. The Kier molecular flexibility index (Phi) is 5.90. The zero-order valence-corrected chi connectivity index (χ0v) is 13.1. The van der Waals surface area contributed by atoms with Gasteiger partial charge in [-0.1, -0.05) is 19.1 Å². The highest BCUT2D eigenvalue weighted by molar-refractivity contribution is 5.74. The number of likely N-dealkylation sites (tertiary alicyclic amines) is 1. The molecule has 0 saturated carbocycles. The van der Waals surface area contributed by atoms with Gasteiger partial charge >= 0.3 is 6.03 Å². The third-order valence-electron chi connectivity index (χ3n) is 4.21. The van der Waals surface area contributed by atoms with Gasteiger partial charge in [0.2, 0.25) is 0 Å². The first kappa shape index (κ1) is 15.7. The smallest absolute Gasteiger partial charge is 0.317 e. The molecule has 2 rings (SSSR count). The van der Waals surface area contributed by atoms with Crippen molar-refractivity contribution >= 4 is 6.03 Å². The number of nitrogens with one attached hydrogen (secondary N) is 1. The molecule has 0 spiro atoms. The molecule has 21 heavy (non-hydrogen) atoms. The maximum absolute atomic E-state index is 12.3. The fourth-order valence-electron chi connectivity index (χ4n) is 2.90. The maximum atomic E-state index is 12.3. The van der Waals surface area contributed by atoms with Gasteiger partial charge in [-0.25, -0.2) is 4.79 Å². The fourth-order valence-corrected chi connectivity index (χ4v) is 2.90. The van der Waals surface area contributed by atoms with E-state index in [2.05, 4.69) is 12.2 Å². The van der Waals surface area contributed by atoms with Gasteiger partial charge in [-0.15, -0.1) is 0 Å². The van der Waals surface area contributed by atoms with Gasteiger partial charge in [0.05, 0.1) is 7.11 Å². The predicted octanol–water partition coefficient (Wildman–Crippen LogP) is 3.21. The number of ether oxygens (including phenoxy) is 1. The summed E-state index contributed by atoms with van der Waals surface area (Å²) in [6, 6.07) is 8.50. The minimum Gasteiger partial charge on any atom is -0.497 e. The summed E-state index contributed by atoms with van der Waals surface area (Å²) in [7, 11) is 1.66. The van der Waals surface area contributed by atoms with E-state index in [0.29, 0.717) is 12.6 Å². The number of rotatable bonds is 5. The Hall–Kier alpha value is -1.71. The van der Waals surface area contributed by atoms with E-state index in [-0.39, 0.29) is 6.03 Å². The van der Waals surface area contributed by atoms with Crippen LogP contribution in [0.25, 0.3) is 0 Å². The average molecular weight is 290 g/mol. The third-order valence-corrected chi connectivity index (χ3v) is 4.21. The molecule has 1 aliphatic rings. The van der Waals surface area contributed by atoms with Gasteiger partial charge < -0.3 is 15.0 Å². The number of benzene rings is 1. The molecule has 116 valence electrons. The molecule has 1 saturated heterocycles. The number of methoxy groups -OCH3 is 1. The second-order valence-electron chi connectivity index (χ2n) is 5.58. The van der Waals surface area contributed by atoms with Gasteiger partial charge in [-0.3, -0.25) is 0 Å². The minimum absolute atomic E-state index is 0.0926. The van der Waals surface area contributed by atoms with Crippen LogP contribution in [0.4, 0.5) is 4.79 Å². The third kappa shape index (κ3) is 4.38. The molecule has 1 aliphatic heterocycles. The Labute approximate surface area is 127 Å². The number of hydrogen-bond acceptors (Lipinski definition) is 2. The van der Waals surface area contributed by atoms with Gasteiger partial charge in [0.1, 0.15) is 5.75 Å². The molecule has 1 aromatic rings. The summed E-state index contributed by atoms with van der Waals surface area (Å²) in [6.45, 7) is 3.73. The lowest BCUT2D eigenvalue weighted by Gasteiger charge is -2.35. The lowest BCUT2D eigenvalue weighted by molar-refractivity contribution is 0.149. The van der Waals surface area contributed by atoms with Crippen LogP contribution >= 0.6 is 0 Å². The van der Waals surface area contributed by atoms with Crippen molar-refractivity contribution in [2.75, 3.05) is 20.2 Å². The van der Waals surface area contributed by atoms with Crippen molar-refractivity contribution in [1.29, 1.82) is 0 Å². The maximum Gasteiger partial charge on any atom is 0.317 e. The molecule has 2 amide bonds. The monoisotopic (exact) mass is 290 g/mol. The summed E-state index contributed by atoms with van der Waals surface area (Å²) in [5.74, 6) is 0.863. The number of piperidine rings is 1. The summed E-state index contributed by atoms with van der Waals surface area (Å²) in [5.41, 5.74) is 1.21. The van der Waals surface area contributed by atoms with Crippen molar-refractivity contribution in [1.82, 2.24) is 10.2 Å². The molecular formula is C17H26N2O2. The highest BCUT2D eigenvalue weighted by atomic mass is 16.5. The summed E-state index contributed by atoms with van der Waals surface area (Å²) in [5, 5.41) is 3.05. The number of carbonyl (C=O) groups is 1. The minimum atomic E-state index is 0.0926. The second kappa shape index (κ2) is 7.91. The lowest BCUT2D eigenvalue weighted by Crippen LogP contribution is -2.48. The number of urea groups is 1. The first-order valence-electron chi connectivity index (χ1n) is 7.92. The summed E-state index contributed by atoms with van der Waals surface area (Å²) in [6.07, 6.45) is 5.41. The molecule has 1 heterocycles. The van der Waals surface area contributed by atoms with Crippen molar-refractivity contribution in [3.05, 3.63) is 29.8 Å². The van der Waals surface area contributed by atoms with Crippen molar-refractivity contribution < 1.29 is 9.53 Å². The molecule has 0 bridgehead atoms. The van der Waals surface area contributed by atoms with Crippen LogP contribution in [0.2, 0.25) is 0 Å². The SMILES string of the molecule is CCC1CCCCN1C(=O)NCCc1ccc(OC)cc1. The number of amides is 2. The summed E-state index contributed by atoms with van der Waals surface area (Å²) < 4.78 is 5.14. The first-order chi connectivity index (χ1) is 10.2. The van der Waals surface area contributed by atoms with Crippen LogP contribution < -0.4 is 10.1 Å². The van der Waals surface area contributed by atoms with E-state index in [9.17, 15) is 4.79 Å². The van der Waals surface area contributed by atoms with Crippen molar-refractivity contribution in [2.24, 2.45) is 0 Å². The predicted molar refractivity (Wildman–Crippen MR) is 84.7 cm³/mol. The highest BCUT2D eigenvalue weighted by Gasteiger charge is 2.24.